The zero-order chi connectivity index (χ0) is 13.6. The number of rotatable bonds is 8. The van der Waals surface area contributed by atoms with Crippen molar-refractivity contribution in [2.75, 3.05) is 32.8 Å². The first-order valence-corrected chi connectivity index (χ1v) is 8.35. The second-order valence-electron chi connectivity index (χ2n) is 6.62. The highest BCUT2D eigenvalue weighted by Crippen LogP contribution is 2.39. The SMILES string of the molecule is CCNCC1(CN(CCO)C2CCCC2)CCCC1. The van der Waals surface area contributed by atoms with Gasteiger partial charge in [0.1, 0.15) is 0 Å². The Labute approximate surface area is 118 Å². The fourth-order valence-corrected chi connectivity index (χ4v) is 4.13. The Bertz CT molecular complexity index is 245. The van der Waals surface area contributed by atoms with Crippen molar-refractivity contribution in [3.05, 3.63) is 0 Å². The van der Waals surface area contributed by atoms with Crippen LogP contribution in [0.3, 0.4) is 0 Å². The van der Waals surface area contributed by atoms with Crippen LogP contribution < -0.4 is 5.32 Å². The van der Waals surface area contributed by atoms with Crippen LogP contribution in [0.5, 0.6) is 0 Å². The highest BCUT2D eigenvalue weighted by Gasteiger charge is 2.37. The zero-order valence-electron chi connectivity index (χ0n) is 12.7. The highest BCUT2D eigenvalue weighted by molar-refractivity contribution is 4.91. The molecule has 2 saturated carbocycles. The molecule has 0 aromatic rings. The fourth-order valence-electron chi connectivity index (χ4n) is 4.13. The maximum absolute atomic E-state index is 9.37. The number of nitrogens with zero attached hydrogens (tertiary/aromatic N) is 1. The van der Waals surface area contributed by atoms with Crippen molar-refractivity contribution < 1.29 is 5.11 Å². The van der Waals surface area contributed by atoms with Gasteiger partial charge in [0.25, 0.3) is 0 Å². The molecule has 19 heavy (non-hydrogen) atoms. The predicted octanol–water partition coefficient (Wildman–Crippen LogP) is 2.39. The Morgan fingerprint density at radius 1 is 1.16 bits per heavy atom. The summed E-state index contributed by atoms with van der Waals surface area (Å²) in [7, 11) is 0. The fraction of sp³-hybridized carbons (Fsp3) is 1.00. The summed E-state index contributed by atoms with van der Waals surface area (Å²) in [6.07, 6.45) is 11.0. The Hall–Kier alpha value is -0.120. The minimum absolute atomic E-state index is 0.313. The lowest BCUT2D eigenvalue weighted by molar-refractivity contribution is 0.0895. The Kier molecular flexibility index (Phi) is 6.11. The van der Waals surface area contributed by atoms with E-state index in [-0.39, 0.29) is 0 Å². The van der Waals surface area contributed by atoms with Crippen molar-refractivity contribution >= 4 is 0 Å². The van der Waals surface area contributed by atoms with Gasteiger partial charge in [0, 0.05) is 25.7 Å². The van der Waals surface area contributed by atoms with Crippen molar-refractivity contribution in [3.8, 4) is 0 Å². The molecule has 2 aliphatic carbocycles. The van der Waals surface area contributed by atoms with Gasteiger partial charge in [-0.05, 0) is 37.6 Å². The molecule has 0 atom stereocenters. The average molecular weight is 268 g/mol. The van der Waals surface area contributed by atoms with E-state index in [2.05, 4.69) is 17.1 Å². The standard InChI is InChI=1S/C16H32N2O/c1-2-17-13-16(9-5-6-10-16)14-18(11-12-19)15-7-3-4-8-15/h15,17,19H,2-14H2,1H3. The van der Waals surface area contributed by atoms with Gasteiger partial charge in [-0.15, -0.1) is 0 Å². The van der Waals surface area contributed by atoms with Crippen molar-refractivity contribution in [2.24, 2.45) is 5.41 Å². The van der Waals surface area contributed by atoms with Crippen LogP contribution in [-0.2, 0) is 0 Å². The number of nitrogens with one attached hydrogen (secondary N) is 1. The predicted molar refractivity (Wildman–Crippen MR) is 80.4 cm³/mol. The lowest BCUT2D eigenvalue weighted by atomic mass is 9.84. The number of aliphatic hydroxyl groups excluding tert-OH is 1. The Balaban J connectivity index is 1.95. The molecule has 0 bridgehead atoms. The highest BCUT2D eigenvalue weighted by atomic mass is 16.3. The van der Waals surface area contributed by atoms with Crippen LogP contribution in [0.15, 0.2) is 0 Å². The molecule has 3 nitrogen and oxygen atoms in total. The smallest absolute Gasteiger partial charge is 0.0558 e. The summed E-state index contributed by atoms with van der Waals surface area (Å²) in [5.74, 6) is 0. The molecule has 0 saturated heterocycles. The monoisotopic (exact) mass is 268 g/mol. The number of aliphatic hydroxyl groups is 1. The van der Waals surface area contributed by atoms with Crippen molar-refractivity contribution in [3.63, 3.8) is 0 Å². The largest absolute Gasteiger partial charge is 0.395 e. The third-order valence-corrected chi connectivity index (χ3v) is 5.18. The van der Waals surface area contributed by atoms with Gasteiger partial charge in [0.2, 0.25) is 0 Å². The van der Waals surface area contributed by atoms with Gasteiger partial charge in [-0.1, -0.05) is 32.6 Å². The van der Waals surface area contributed by atoms with Gasteiger partial charge in [-0.25, -0.2) is 0 Å². The lowest BCUT2D eigenvalue weighted by Crippen LogP contribution is -2.47. The molecule has 0 unspecified atom stereocenters. The summed E-state index contributed by atoms with van der Waals surface area (Å²) in [6.45, 7) is 6.83. The topological polar surface area (TPSA) is 35.5 Å². The summed E-state index contributed by atoms with van der Waals surface area (Å²) < 4.78 is 0. The Morgan fingerprint density at radius 3 is 2.42 bits per heavy atom. The van der Waals surface area contributed by atoms with Crippen LogP contribution in [0, 0.1) is 5.41 Å². The van der Waals surface area contributed by atoms with E-state index in [1.165, 1.54) is 57.9 Å². The molecular weight excluding hydrogens is 236 g/mol. The Morgan fingerprint density at radius 2 is 1.84 bits per heavy atom. The maximum atomic E-state index is 9.37. The average Bonchev–Trinajstić information content (AvgIpc) is 3.08. The summed E-state index contributed by atoms with van der Waals surface area (Å²) in [6, 6.07) is 0.742. The minimum Gasteiger partial charge on any atom is -0.395 e. The third kappa shape index (κ3) is 4.17. The molecule has 0 heterocycles. The van der Waals surface area contributed by atoms with E-state index in [1.807, 2.05) is 0 Å². The van der Waals surface area contributed by atoms with E-state index in [4.69, 9.17) is 0 Å². The summed E-state index contributed by atoms with van der Waals surface area (Å²) in [5.41, 5.74) is 0.480. The van der Waals surface area contributed by atoms with Crippen molar-refractivity contribution in [1.29, 1.82) is 0 Å². The molecule has 2 fully saturated rings. The molecule has 0 aliphatic heterocycles. The van der Waals surface area contributed by atoms with Gasteiger partial charge < -0.3 is 10.4 Å². The van der Waals surface area contributed by atoms with Crippen LogP contribution in [0.25, 0.3) is 0 Å². The normalized spacial score (nSPS) is 23.5. The molecule has 2 N–H and O–H groups in total. The molecule has 2 rings (SSSR count). The second kappa shape index (κ2) is 7.61. The zero-order valence-corrected chi connectivity index (χ0v) is 12.7. The van der Waals surface area contributed by atoms with E-state index >= 15 is 0 Å². The van der Waals surface area contributed by atoms with E-state index in [0.29, 0.717) is 12.0 Å². The van der Waals surface area contributed by atoms with E-state index in [9.17, 15) is 5.11 Å². The van der Waals surface area contributed by atoms with Gasteiger partial charge in [0.15, 0.2) is 0 Å². The van der Waals surface area contributed by atoms with Gasteiger partial charge >= 0.3 is 0 Å². The first-order valence-electron chi connectivity index (χ1n) is 8.35. The first kappa shape index (κ1) is 15.3. The molecule has 0 amide bonds. The molecule has 0 spiro atoms. The van der Waals surface area contributed by atoms with E-state index in [0.717, 1.165) is 25.7 Å². The molecule has 0 aromatic carbocycles. The summed E-state index contributed by atoms with van der Waals surface area (Å²) >= 11 is 0. The van der Waals surface area contributed by atoms with Gasteiger partial charge in [-0.2, -0.15) is 0 Å². The van der Waals surface area contributed by atoms with Gasteiger partial charge in [-0.3, -0.25) is 4.90 Å². The summed E-state index contributed by atoms with van der Waals surface area (Å²) in [5, 5.41) is 13.0. The quantitative estimate of drug-likeness (QED) is 0.709. The van der Waals surface area contributed by atoms with Crippen molar-refractivity contribution in [2.45, 2.75) is 64.3 Å². The van der Waals surface area contributed by atoms with E-state index < -0.39 is 0 Å². The van der Waals surface area contributed by atoms with Gasteiger partial charge in [0.05, 0.1) is 6.61 Å². The van der Waals surface area contributed by atoms with Crippen LogP contribution in [-0.4, -0.2) is 48.8 Å². The van der Waals surface area contributed by atoms with E-state index in [1.54, 1.807) is 0 Å². The molecule has 2 aliphatic rings. The third-order valence-electron chi connectivity index (χ3n) is 5.18. The number of hydrogen-bond acceptors (Lipinski definition) is 3. The summed E-state index contributed by atoms with van der Waals surface area (Å²) in [4.78, 5) is 2.61. The van der Waals surface area contributed by atoms with Crippen LogP contribution in [0.2, 0.25) is 0 Å². The first-order chi connectivity index (χ1) is 9.29. The molecule has 0 radical (unpaired) electrons. The second-order valence-corrected chi connectivity index (χ2v) is 6.62. The maximum Gasteiger partial charge on any atom is 0.0558 e. The van der Waals surface area contributed by atoms with Crippen LogP contribution in [0.4, 0.5) is 0 Å². The molecule has 112 valence electrons. The molecular formula is C16H32N2O. The van der Waals surface area contributed by atoms with Crippen molar-refractivity contribution in [1.82, 2.24) is 10.2 Å². The molecule has 3 heteroatoms. The minimum atomic E-state index is 0.313. The molecule has 0 aromatic heterocycles. The number of hydrogen-bond donors (Lipinski definition) is 2. The lowest BCUT2D eigenvalue weighted by Gasteiger charge is -2.38. The van der Waals surface area contributed by atoms with Crippen LogP contribution in [0.1, 0.15) is 58.3 Å². The van der Waals surface area contributed by atoms with Crippen LogP contribution >= 0.6 is 0 Å².